The number of carbonyl (C=O) groups excluding carboxylic acids is 2. The first-order chi connectivity index (χ1) is 9.45. The zero-order chi connectivity index (χ0) is 14.9. The monoisotopic (exact) mass is 279 g/mol. The lowest BCUT2D eigenvalue weighted by Gasteiger charge is -2.37. The Kier molecular flexibility index (Phi) is 4.04. The number of para-hydroxylation sites is 1. The number of piperazine rings is 1. The van der Waals surface area contributed by atoms with Crippen molar-refractivity contribution in [2.45, 2.75) is 32.4 Å². The van der Waals surface area contributed by atoms with Crippen LogP contribution in [-0.2, 0) is 9.59 Å². The summed E-state index contributed by atoms with van der Waals surface area (Å²) < 4.78 is 14.2. The number of halogens is 1. The predicted octanol–water partition coefficient (Wildman–Crippen LogP) is 1.09. The molecule has 1 aromatic carbocycles. The molecule has 0 aliphatic carbocycles. The molecule has 1 aromatic rings. The number of anilines is 1. The van der Waals surface area contributed by atoms with Gasteiger partial charge in [0.05, 0.1) is 12.2 Å². The zero-order valence-electron chi connectivity index (χ0n) is 11.5. The fourth-order valence-corrected chi connectivity index (χ4v) is 2.51. The SMILES string of the molecule is CCC1C(=O)NC(=O)CN1c1c(F)cccc1C(C)N. The van der Waals surface area contributed by atoms with E-state index >= 15 is 0 Å². The van der Waals surface area contributed by atoms with Crippen LogP contribution in [0.2, 0.25) is 0 Å². The molecular formula is C14H18FN3O2. The lowest BCUT2D eigenvalue weighted by Crippen LogP contribution is -2.58. The Labute approximate surface area is 116 Å². The molecule has 1 heterocycles. The van der Waals surface area contributed by atoms with Crippen LogP contribution in [0.1, 0.15) is 31.9 Å². The molecule has 1 aliphatic heterocycles. The van der Waals surface area contributed by atoms with Crippen LogP contribution in [0.3, 0.4) is 0 Å². The van der Waals surface area contributed by atoms with Gasteiger partial charge in [0.2, 0.25) is 11.8 Å². The fraction of sp³-hybridized carbons (Fsp3) is 0.429. The van der Waals surface area contributed by atoms with Gasteiger partial charge in [-0.3, -0.25) is 14.9 Å². The van der Waals surface area contributed by atoms with Crippen molar-refractivity contribution in [2.24, 2.45) is 5.73 Å². The van der Waals surface area contributed by atoms with E-state index in [0.717, 1.165) is 0 Å². The first-order valence-electron chi connectivity index (χ1n) is 6.60. The minimum absolute atomic E-state index is 0.0507. The van der Waals surface area contributed by atoms with Crippen LogP contribution in [0.5, 0.6) is 0 Å². The van der Waals surface area contributed by atoms with Crippen molar-refractivity contribution in [1.82, 2.24) is 5.32 Å². The Morgan fingerprint density at radius 2 is 2.20 bits per heavy atom. The third-order valence-corrected chi connectivity index (χ3v) is 3.44. The lowest BCUT2D eigenvalue weighted by molar-refractivity contribution is -0.132. The van der Waals surface area contributed by atoms with E-state index in [1.807, 2.05) is 6.92 Å². The Morgan fingerprint density at radius 1 is 1.50 bits per heavy atom. The number of nitrogens with two attached hydrogens (primary N) is 1. The highest BCUT2D eigenvalue weighted by Crippen LogP contribution is 2.31. The lowest BCUT2D eigenvalue weighted by atomic mass is 10.0. The number of hydrogen-bond acceptors (Lipinski definition) is 4. The summed E-state index contributed by atoms with van der Waals surface area (Å²) in [6.45, 7) is 3.51. The van der Waals surface area contributed by atoms with Crippen LogP contribution in [0, 0.1) is 5.82 Å². The van der Waals surface area contributed by atoms with Gasteiger partial charge in [0.15, 0.2) is 0 Å². The highest BCUT2D eigenvalue weighted by molar-refractivity contribution is 6.04. The van der Waals surface area contributed by atoms with E-state index in [2.05, 4.69) is 5.32 Å². The molecule has 1 fully saturated rings. The maximum Gasteiger partial charge on any atom is 0.249 e. The third kappa shape index (κ3) is 2.51. The summed E-state index contributed by atoms with van der Waals surface area (Å²) in [6, 6.07) is 3.64. The number of imide groups is 1. The molecule has 2 unspecified atom stereocenters. The number of nitrogens with zero attached hydrogens (tertiary/aromatic N) is 1. The van der Waals surface area contributed by atoms with E-state index in [-0.39, 0.29) is 12.2 Å². The first-order valence-corrected chi connectivity index (χ1v) is 6.60. The Morgan fingerprint density at radius 3 is 2.80 bits per heavy atom. The summed E-state index contributed by atoms with van der Waals surface area (Å²) in [6.07, 6.45) is 0.478. The zero-order valence-corrected chi connectivity index (χ0v) is 11.5. The number of benzene rings is 1. The average Bonchev–Trinajstić information content (AvgIpc) is 2.37. The second-order valence-corrected chi connectivity index (χ2v) is 4.93. The van der Waals surface area contributed by atoms with Crippen LogP contribution < -0.4 is 16.0 Å². The van der Waals surface area contributed by atoms with E-state index in [0.29, 0.717) is 12.0 Å². The standard InChI is InChI=1S/C14H18FN3O2/c1-3-11-14(20)17-12(19)7-18(11)13-9(8(2)16)5-4-6-10(13)15/h4-6,8,11H,3,7,16H2,1-2H3,(H,17,19,20). The van der Waals surface area contributed by atoms with E-state index < -0.39 is 29.7 Å². The third-order valence-electron chi connectivity index (χ3n) is 3.44. The smallest absolute Gasteiger partial charge is 0.249 e. The summed E-state index contributed by atoms with van der Waals surface area (Å²) in [5.74, 6) is -1.30. The average molecular weight is 279 g/mol. The van der Waals surface area contributed by atoms with Crippen molar-refractivity contribution < 1.29 is 14.0 Å². The molecular weight excluding hydrogens is 261 g/mol. The number of rotatable bonds is 3. The first kappa shape index (κ1) is 14.5. The minimum atomic E-state index is -0.568. The minimum Gasteiger partial charge on any atom is -0.348 e. The van der Waals surface area contributed by atoms with E-state index in [9.17, 15) is 14.0 Å². The second kappa shape index (κ2) is 5.58. The van der Waals surface area contributed by atoms with E-state index in [4.69, 9.17) is 5.73 Å². The van der Waals surface area contributed by atoms with Crippen molar-refractivity contribution in [3.8, 4) is 0 Å². The van der Waals surface area contributed by atoms with Crippen molar-refractivity contribution in [3.63, 3.8) is 0 Å². The molecule has 6 heteroatoms. The summed E-state index contributed by atoms with van der Waals surface area (Å²) >= 11 is 0. The predicted molar refractivity (Wildman–Crippen MR) is 73.6 cm³/mol. The Bertz CT molecular complexity index is 545. The topological polar surface area (TPSA) is 75.4 Å². The molecule has 0 radical (unpaired) electrons. The van der Waals surface area contributed by atoms with Crippen LogP contribution in [0.4, 0.5) is 10.1 Å². The molecule has 1 saturated heterocycles. The highest BCUT2D eigenvalue weighted by atomic mass is 19.1. The molecule has 3 N–H and O–H groups in total. The molecule has 0 bridgehead atoms. The van der Waals surface area contributed by atoms with Gasteiger partial charge in [0.25, 0.3) is 0 Å². The van der Waals surface area contributed by atoms with Crippen LogP contribution in [0.25, 0.3) is 0 Å². The summed E-state index contributed by atoms with van der Waals surface area (Å²) in [4.78, 5) is 25.0. The molecule has 2 amide bonds. The van der Waals surface area contributed by atoms with Crippen molar-refractivity contribution in [1.29, 1.82) is 0 Å². The molecule has 2 atom stereocenters. The maximum absolute atomic E-state index is 14.2. The molecule has 2 rings (SSSR count). The van der Waals surface area contributed by atoms with Gasteiger partial charge in [0, 0.05) is 6.04 Å². The van der Waals surface area contributed by atoms with Crippen LogP contribution >= 0.6 is 0 Å². The number of nitrogens with one attached hydrogen (secondary N) is 1. The summed E-state index contributed by atoms with van der Waals surface area (Å²) in [5, 5.41) is 2.27. The van der Waals surface area contributed by atoms with Crippen molar-refractivity contribution >= 4 is 17.5 Å². The fourth-order valence-electron chi connectivity index (χ4n) is 2.51. The summed E-state index contributed by atoms with van der Waals surface area (Å²) in [5.41, 5.74) is 6.70. The van der Waals surface area contributed by atoms with Gasteiger partial charge in [-0.05, 0) is 25.0 Å². The summed E-state index contributed by atoms with van der Waals surface area (Å²) in [7, 11) is 0. The van der Waals surface area contributed by atoms with Crippen LogP contribution in [-0.4, -0.2) is 24.4 Å². The van der Waals surface area contributed by atoms with Gasteiger partial charge in [-0.1, -0.05) is 19.1 Å². The highest BCUT2D eigenvalue weighted by Gasteiger charge is 2.35. The maximum atomic E-state index is 14.2. The Balaban J connectivity index is 2.53. The van der Waals surface area contributed by atoms with E-state index in [1.165, 1.54) is 11.0 Å². The van der Waals surface area contributed by atoms with Gasteiger partial charge in [0.1, 0.15) is 11.9 Å². The van der Waals surface area contributed by atoms with Crippen molar-refractivity contribution in [2.75, 3.05) is 11.4 Å². The largest absolute Gasteiger partial charge is 0.348 e. The van der Waals surface area contributed by atoms with Crippen LogP contribution in [0.15, 0.2) is 18.2 Å². The number of hydrogen-bond donors (Lipinski definition) is 2. The molecule has 5 nitrogen and oxygen atoms in total. The molecule has 0 aromatic heterocycles. The molecule has 0 saturated carbocycles. The molecule has 108 valence electrons. The van der Waals surface area contributed by atoms with Gasteiger partial charge in [-0.25, -0.2) is 4.39 Å². The molecule has 1 aliphatic rings. The molecule has 20 heavy (non-hydrogen) atoms. The van der Waals surface area contributed by atoms with Gasteiger partial charge in [-0.15, -0.1) is 0 Å². The quantitative estimate of drug-likeness (QED) is 0.812. The Hall–Kier alpha value is -1.95. The molecule has 0 spiro atoms. The second-order valence-electron chi connectivity index (χ2n) is 4.93. The normalized spacial score (nSPS) is 20.8. The number of amides is 2. The van der Waals surface area contributed by atoms with E-state index in [1.54, 1.807) is 19.1 Å². The van der Waals surface area contributed by atoms with Gasteiger partial charge >= 0.3 is 0 Å². The number of carbonyl (C=O) groups is 2. The van der Waals surface area contributed by atoms with Gasteiger partial charge < -0.3 is 10.6 Å². The van der Waals surface area contributed by atoms with Gasteiger partial charge in [-0.2, -0.15) is 0 Å². The van der Waals surface area contributed by atoms with Crippen molar-refractivity contribution in [3.05, 3.63) is 29.6 Å².